The zero-order chi connectivity index (χ0) is 16.1. The van der Waals surface area contributed by atoms with Gasteiger partial charge in [0.15, 0.2) is 0 Å². The number of benzene rings is 2. The number of halogens is 1. The van der Waals surface area contributed by atoms with Crippen LogP contribution in [-0.4, -0.2) is 42.5 Å². The Morgan fingerprint density at radius 3 is 1.78 bits per heavy atom. The van der Waals surface area contributed by atoms with Crippen LogP contribution < -0.4 is 0 Å². The highest BCUT2D eigenvalue weighted by Crippen LogP contribution is 2.42. The average molecular weight is 418 g/mol. The first kappa shape index (κ1) is 16.7. The fraction of sp³-hybridized carbons (Fsp3) is 0.300. The highest BCUT2D eigenvalue weighted by molar-refractivity contribution is 14.1. The molecule has 0 radical (unpaired) electrons. The minimum absolute atomic E-state index is 0.111. The van der Waals surface area contributed by atoms with Crippen LogP contribution in [0, 0.1) is 0 Å². The molecule has 0 saturated carbocycles. The minimum Gasteiger partial charge on any atom is -0.297 e. The standard InChI is InChI=1S/C20H23IN2/c1-2-13-22-14-16-23(17-15-22)20(21,18-9-5-3-6-10-18)19-11-7-4-8-12-19/h2-12H,1,13-17H2. The van der Waals surface area contributed by atoms with E-state index < -0.39 is 0 Å². The highest BCUT2D eigenvalue weighted by Gasteiger charge is 2.38. The second-order valence-corrected chi connectivity index (χ2v) is 7.49. The monoisotopic (exact) mass is 418 g/mol. The second kappa shape index (κ2) is 7.60. The van der Waals surface area contributed by atoms with E-state index >= 15 is 0 Å². The van der Waals surface area contributed by atoms with Crippen LogP contribution in [0.25, 0.3) is 0 Å². The Morgan fingerprint density at radius 2 is 1.35 bits per heavy atom. The molecule has 0 aromatic heterocycles. The molecule has 0 bridgehead atoms. The summed E-state index contributed by atoms with van der Waals surface area (Å²) >= 11 is 2.64. The molecule has 0 aliphatic carbocycles. The van der Waals surface area contributed by atoms with Crippen molar-refractivity contribution in [1.29, 1.82) is 0 Å². The summed E-state index contributed by atoms with van der Waals surface area (Å²) in [4.78, 5) is 5.08. The molecule has 23 heavy (non-hydrogen) atoms. The fourth-order valence-corrected chi connectivity index (χ4v) is 4.47. The maximum atomic E-state index is 3.86. The highest BCUT2D eigenvalue weighted by atomic mass is 127. The van der Waals surface area contributed by atoms with Gasteiger partial charge in [0.25, 0.3) is 0 Å². The largest absolute Gasteiger partial charge is 0.297 e. The molecule has 0 N–H and O–H groups in total. The molecule has 1 aliphatic heterocycles. The minimum atomic E-state index is -0.111. The molecule has 0 spiro atoms. The predicted molar refractivity (Wildman–Crippen MR) is 106 cm³/mol. The van der Waals surface area contributed by atoms with Crippen LogP contribution in [0.15, 0.2) is 73.3 Å². The van der Waals surface area contributed by atoms with E-state index in [0.717, 1.165) is 32.7 Å². The van der Waals surface area contributed by atoms with Gasteiger partial charge in [-0.3, -0.25) is 9.80 Å². The molecule has 3 rings (SSSR count). The Bertz CT molecular complexity index is 579. The van der Waals surface area contributed by atoms with Crippen molar-refractivity contribution < 1.29 is 0 Å². The number of hydrogen-bond donors (Lipinski definition) is 0. The number of rotatable bonds is 5. The van der Waals surface area contributed by atoms with Gasteiger partial charge < -0.3 is 0 Å². The SMILES string of the molecule is C=CCN1CCN(C(I)(c2ccccc2)c2ccccc2)CC1. The van der Waals surface area contributed by atoms with Crippen molar-refractivity contribution in [3.8, 4) is 0 Å². The first-order valence-electron chi connectivity index (χ1n) is 8.13. The summed E-state index contributed by atoms with van der Waals surface area (Å²) in [5.74, 6) is 0. The first-order valence-corrected chi connectivity index (χ1v) is 9.21. The van der Waals surface area contributed by atoms with E-state index in [-0.39, 0.29) is 3.55 Å². The lowest BCUT2D eigenvalue weighted by atomic mass is 9.96. The van der Waals surface area contributed by atoms with E-state index in [0.29, 0.717) is 0 Å². The lowest BCUT2D eigenvalue weighted by molar-refractivity contribution is 0.110. The van der Waals surface area contributed by atoms with Gasteiger partial charge in [0.2, 0.25) is 0 Å². The van der Waals surface area contributed by atoms with Crippen LogP contribution in [0.4, 0.5) is 0 Å². The van der Waals surface area contributed by atoms with Gasteiger partial charge in [-0.2, -0.15) is 0 Å². The number of hydrogen-bond acceptors (Lipinski definition) is 2. The number of alkyl halides is 1. The topological polar surface area (TPSA) is 6.48 Å². The fourth-order valence-electron chi connectivity index (χ4n) is 3.27. The summed E-state index contributed by atoms with van der Waals surface area (Å²) in [6.45, 7) is 9.17. The number of nitrogens with zero attached hydrogens (tertiary/aromatic N) is 2. The molecule has 2 nitrogen and oxygen atoms in total. The van der Waals surface area contributed by atoms with Crippen molar-refractivity contribution in [2.24, 2.45) is 0 Å². The van der Waals surface area contributed by atoms with Gasteiger partial charge in [0.1, 0.15) is 3.55 Å². The van der Waals surface area contributed by atoms with Crippen LogP contribution in [0.3, 0.4) is 0 Å². The molecule has 0 amide bonds. The third kappa shape index (κ3) is 3.52. The molecule has 1 saturated heterocycles. The van der Waals surface area contributed by atoms with Crippen molar-refractivity contribution >= 4 is 22.6 Å². The summed E-state index contributed by atoms with van der Waals surface area (Å²) in [5, 5.41) is 0. The van der Waals surface area contributed by atoms with Crippen molar-refractivity contribution in [2.45, 2.75) is 3.55 Å². The molecule has 120 valence electrons. The molecule has 2 aromatic carbocycles. The third-order valence-electron chi connectivity index (χ3n) is 4.51. The van der Waals surface area contributed by atoms with Crippen molar-refractivity contribution in [3.05, 3.63) is 84.4 Å². The van der Waals surface area contributed by atoms with Crippen LogP contribution in [0.1, 0.15) is 11.1 Å². The summed E-state index contributed by atoms with van der Waals surface area (Å²) in [7, 11) is 0. The van der Waals surface area contributed by atoms with Crippen molar-refractivity contribution in [2.75, 3.05) is 32.7 Å². The average Bonchev–Trinajstić information content (AvgIpc) is 2.63. The Balaban J connectivity index is 1.93. The van der Waals surface area contributed by atoms with Crippen LogP contribution in [0.5, 0.6) is 0 Å². The molecule has 2 aromatic rings. The molecule has 0 atom stereocenters. The molecule has 1 fully saturated rings. The molecule has 1 aliphatic rings. The van der Waals surface area contributed by atoms with E-state index in [1.807, 2.05) is 6.08 Å². The van der Waals surface area contributed by atoms with E-state index in [1.165, 1.54) is 11.1 Å². The number of piperazine rings is 1. The van der Waals surface area contributed by atoms with Gasteiger partial charge in [-0.1, -0.05) is 89.3 Å². The van der Waals surface area contributed by atoms with Gasteiger partial charge >= 0.3 is 0 Å². The van der Waals surface area contributed by atoms with E-state index in [9.17, 15) is 0 Å². The lowest BCUT2D eigenvalue weighted by Crippen LogP contribution is -2.53. The molecular weight excluding hydrogens is 395 g/mol. The Kier molecular flexibility index (Phi) is 5.51. The predicted octanol–water partition coefficient (Wildman–Crippen LogP) is 4.13. The van der Waals surface area contributed by atoms with Gasteiger partial charge in [0, 0.05) is 32.7 Å². The normalized spacial score (nSPS) is 17.1. The Morgan fingerprint density at radius 1 is 0.870 bits per heavy atom. The van der Waals surface area contributed by atoms with Gasteiger partial charge in [-0.05, 0) is 11.1 Å². The van der Waals surface area contributed by atoms with Gasteiger partial charge in [-0.15, -0.1) is 6.58 Å². The third-order valence-corrected chi connectivity index (χ3v) is 6.44. The van der Waals surface area contributed by atoms with Crippen LogP contribution in [0.2, 0.25) is 0 Å². The maximum absolute atomic E-state index is 3.86. The summed E-state index contributed by atoms with van der Waals surface area (Å²) in [6.07, 6.45) is 2.00. The van der Waals surface area contributed by atoms with Crippen molar-refractivity contribution in [1.82, 2.24) is 9.80 Å². The molecule has 1 heterocycles. The van der Waals surface area contributed by atoms with E-state index in [2.05, 4.69) is 99.6 Å². The van der Waals surface area contributed by atoms with E-state index in [4.69, 9.17) is 0 Å². The summed E-state index contributed by atoms with van der Waals surface area (Å²) in [6, 6.07) is 21.7. The smallest absolute Gasteiger partial charge is 0.124 e. The Hall–Kier alpha value is -1.17. The van der Waals surface area contributed by atoms with Gasteiger partial charge in [0.05, 0.1) is 0 Å². The summed E-state index contributed by atoms with van der Waals surface area (Å²) < 4.78 is -0.111. The maximum Gasteiger partial charge on any atom is 0.124 e. The molecular formula is C20H23IN2. The molecule has 0 unspecified atom stereocenters. The quantitative estimate of drug-likeness (QED) is 0.312. The summed E-state index contributed by atoms with van der Waals surface area (Å²) in [5.41, 5.74) is 2.70. The lowest BCUT2D eigenvalue weighted by Gasteiger charge is -2.45. The Labute approximate surface area is 152 Å². The van der Waals surface area contributed by atoms with Crippen LogP contribution in [-0.2, 0) is 3.55 Å². The molecule has 3 heteroatoms. The van der Waals surface area contributed by atoms with Crippen molar-refractivity contribution in [3.63, 3.8) is 0 Å². The van der Waals surface area contributed by atoms with E-state index in [1.54, 1.807) is 0 Å². The van der Waals surface area contributed by atoms with Crippen LogP contribution >= 0.6 is 22.6 Å². The first-order chi connectivity index (χ1) is 11.2. The zero-order valence-corrected chi connectivity index (χ0v) is 15.5. The zero-order valence-electron chi connectivity index (χ0n) is 13.4. The van der Waals surface area contributed by atoms with Gasteiger partial charge in [-0.25, -0.2) is 0 Å². The second-order valence-electron chi connectivity index (χ2n) is 5.93.